The highest BCUT2D eigenvalue weighted by Crippen LogP contribution is 2.28. The third-order valence-electron chi connectivity index (χ3n) is 3.74. The van der Waals surface area contributed by atoms with Crippen LogP contribution >= 0.6 is 0 Å². The minimum atomic E-state index is 0.374. The second-order valence-electron chi connectivity index (χ2n) is 6.18. The van der Waals surface area contributed by atoms with Crippen LogP contribution in [0, 0.1) is 12.3 Å². The van der Waals surface area contributed by atoms with Crippen molar-refractivity contribution < 1.29 is 9.15 Å². The van der Waals surface area contributed by atoms with Crippen LogP contribution < -0.4 is 0 Å². The lowest BCUT2D eigenvalue weighted by molar-refractivity contribution is -0.112. The van der Waals surface area contributed by atoms with E-state index in [1.54, 1.807) is 0 Å². The first-order valence-electron chi connectivity index (χ1n) is 6.81. The van der Waals surface area contributed by atoms with Gasteiger partial charge in [-0.1, -0.05) is 13.8 Å². The normalized spacial score (nSPS) is 19.8. The van der Waals surface area contributed by atoms with Gasteiger partial charge in [0.25, 0.3) is 0 Å². The summed E-state index contributed by atoms with van der Waals surface area (Å²) in [4.78, 5) is 2.41. The molecule has 0 aliphatic carbocycles. The minimum Gasteiger partial charge on any atom is -0.466 e. The van der Waals surface area contributed by atoms with Gasteiger partial charge >= 0.3 is 0 Å². The Bertz CT molecular complexity index is 382. The smallest absolute Gasteiger partial charge is 0.107 e. The summed E-state index contributed by atoms with van der Waals surface area (Å²) in [6.45, 7) is 10.6. The molecule has 2 heterocycles. The number of aryl methyl sites for hydroxylation is 1. The van der Waals surface area contributed by atoms with E-state index in [2.05, 4.69) is 31.9 Å². The number of nitrogens with zero attached hydrogens (tertiary/aromatic N) is 1. The molecule has 0 bridgehead atoms. The van der Waals surface area contributed by atoms with Gasteiger partial charge in [0.15, 0.2) is 0 Å². The SMILES string of the molecule is Cc1ccc([C@@H](C)CCN(C)CC2(C)COC2)o1. The van der Waals surface area contributed by atoms with Gasteiger partial charge in [0, 0.05) is 17.9 Å². The monoisotopic (exact) mass is 251 g/mol. The molecular weight excluding hydrogens is 226 g/mol. The van der Waals surface area contributed by atoms with Gasteiger partial charge in [0.1, 0.15) is 11.5 Å². The minimum absolute atomic E-state index is 0.374. The molecule has 0 radical (unpaired) electrons. The van der Waals surface area contributed by atoms with Crippen LogP contribution in [-0.2, 0) is 4.74 Å². The summed E-state index contributed by atoms with van der Waals surface area (Å²) in [5.41, 5.74) is 0.374. The van der Waals surface area contributed by atoms with Crippen molar-refractivity contribution in [3.8, 4) is 0 Å². The quantitative estimate of drug-likeness (QED) is 0.777. The Kier molecular flexibility index (Phi) is 4.13. The highest BCUT2D eigenvalue weighted by atomic mass is 16.5. The van der Waals surface area contributed by atoms with E-state index in [9.17, 15) is 0 Å². The van der Waals surface area contributed by atoms with E-state index < -0.39 is 0 Å². The lowest BCUT2D eigenvalue weighted by Gasteiger charge is -2.41. The second kappa shape index (κ2) is 5.45. The highest BCUT2D eigenvalue weighted by Gasteiger charge is 2.34. The van der Waals surface area contributed by atoms with E-state index in [4.69, 9.17) is 9.15 Å². The third kappa shape index (κ3) is 3.36. The Morgan fingerprint density at radius 2 is 2.11 bits per heavy atom. The van der Waals surface area contributed by atoms with Crippen molar-refractivity contribution in [2.75, 3.05) is 33.4 Å². The summed E-state index contributed by atoms with van der Waals surface area (Å²) in [7, 11) is 2.20. The Morgan fingerprint density at radius 1 is 1.39 bits per heavy atom. The van der Waals surface area contributed by atoms with E-state index in [1.165, 1.54) is 0 Å². The molecule has 18 heavy (non-hydrogen) atoms. The van der Waals surface area contributed by atoms with Gasteiger partial charge in [0.2, 0.25) is 0 Å². The van der Waals surface area contributed by atoms with Gasteiger partial charge in [0.05, 0.1) is 13.2 Å². The molecule has 0 unspecified atom stereocenters. The van der Waals surface area contributed by atoms with Crippen molar-refractivity contribution in [3.05, 3.63) is 23.7 Å². The molecule has 0 N–H and O–H groups in total. The molecule has 1 aromatic heterocycles. The van der Waals surface area contributed by atoms with Crippen LogP contribution in [0.2, 0.25) is 0 Å². The van der Waals surface area contributed by atoms with Crippen LogP contribution in [0.5, 0.6) is 0 Å². The second-order valence-corrected chi connectivity index (χ2v) is 6.18. The Morgan fingerprint density at radius 3 is 2.61 bits per heavy atom. The maximum atomic E-state index is 5.67. The van der Waals surface area contributed by atoms with E-state index in [0.29, 0.717) is 11.3 Å². The molecule has 0 aromatic carbocycles. The molecule has 1 aliphatic rings. The number of furan rings is 1. The van der Waals surface area contributed by atoms with Crippen molar-refractivity contribution in [2.45, 2.75) is 33.1 Å². The lowest BCUT2D eigenvalue weighted by Crippen LogP contribution is -2.48. The Labute approximate surface area is 110 Å². The maximum absolute atomic E-state index is 5.67. The summed E-state index contributed by atoms with van der Waals surface area (Å²) in [6, 6.07) is 4.14. The van der Waals surface area contributed by atoms with Gasteiger partial charge in [-0.3, -0.25) is 0 Å². The van der Waals surface area contributed by atoms with Crippen molar-refractivity contribution >= 4 is 0 Å². The van der Waals surface area contributed by atoms with Crippen LogP contribution in [0.4, 0.5) is 0 Å². The molecule has 102 valence electrons. The average molecular weight is 251 g/mol. The first kappa shape index (κ1) is 13.6. The van der Waals surface area contributed by atoms with Crippen LogP contribution in [0.25, 0.3) is 0 Å². The summed E-state index contributed by atoms with van der Waals surface area (Å²) in [5, 5.41) is 0. The van der Waals surface area contributed by atoms with Crippen molar-refractivity contribution in [1.82, 2.24) is 4.90 Å². The van der Waals surface area contributed by atoms with Gasteiger partial charge in [-0.15, -0.1) is 0 Å². The fraction of sp³-hybridized carbons (Fsp3) is 0.733. The Balaban J connectivity index is 1.73. The molecule has 1 aromatic rings. The summed E-state index contributed by atoms with van der Waals surface area (Å²) in [6.07, 6.45) is 1.14. The third-order valence-corrected chi connectivity index (χ3v) is 3.74. The largest absolute Gasteiger partial charge is 0.466 e. The molecule has 3 heteroatoms. The van der Waals surface area contributed by atoms with Crippen LogP contribution in [0.15, 0.2) is 16.5 Å². The topological polar surface area (TPSA) is 25.6 Å². The average Bonchev–Trinajstić information content (AvgIpc) is 2.70. The predicted octanol–water partition coefficient (Wildman–Crippen LogP) is 3.05. The van der Waals surface area contributed by atoms with Crippen LogP contribution in [0.1, 0.15) is 37.7 Å². The zero-order valence-electron chi connectivity index (χ0n) is 12.0. The van der Waals surface area contributed by atoms with Gasteiger partial charge in [-0.2, -0.15) is 0 Å². The number of ether oxygens (including phenoxy) is 1. The van der Waals surface area contributed by atoms with Gasteiger partial charge in [-0.25, -0.2) is 0 Å². The molecule has 2 rings (SSSR count). The number of hydrogen-bond donors (Lipinski definition) is 0. The fourth-order valence-corrected chi connectivity index (χ4v) is 2.55. The number of rotatable bonds is 6. The van der Waals surface area contributed by atoms with Gasteiger partial charge < -0.3 is 14.1 Å². The molecule has 0 amide bonds. The van der Waals surface area contributed by atoms with Crippen molar-refractivity contribution in [1.29, 1.82) is 0 Å². The van der Waals surface area contributed by atoms with E-state index in [-0.39, 0.29) is 0 Å². The molecule has 1 fully saturated rings. The molecule has 1 atom stereocenters. The Hall–Kier alpha value is -0.800. The van der Waals surface area contributed by atoms with E-state index >= 15 is 0 Å². The van der Waals surface area contributed by atoms with Crippen molar-refractivity contribution in [3.63, 3.8) is 0 Å². The summed E-state index contributed by atoms with van der Waals surface area (Å²) >= 11 is 0. The summed E-state index contributed by atoms with van der Waals surface area (Å²) in [5.74, 6) is 2.61. The first-order valence-corrected chi connectivity index (χ1v) is 6.81. The zero-order chi connectivity index (χ0) is 13.2. The molecule has 1 saturated heterocycles. The van der Waals surface area contributed by atoms with Crippen molar-refractivity contribution in [2.24, 2.45) is 5.41 Å². The van der Waals surface area contributed by atoms with E-state index in [0.717, 1.165) is 44.2 Å². The zero-order valence-corrected chi connectivity index (χ0v) is 12.0. The molecule has 1 aliphatic heterocycles. The standard InChI is InChI=1S/C15H25NO2/c1-12(14-6-5-13(2)18-14)7-8-16(4)9-15(3)10-17-11-15/h5-6,12H,7-11H2,1-4H3/t12-/m0/s1. The van der Waals surface area contributed by atoms with Crippen LogP contribution in [0.3, 0.4) is 0 Å². The molecular formula is C15H25NO2. The highest BCUT2D eigenvalue weighted by molar-refractivity contribution is 5.09. The predicted molar refractivity (Wildman–Crippen MR) is 72.9 cm³/mol. The lowest BCUT2D eigenvalue weighted by atomic mass is 9.88. The molecule has 0 spiro atoms. The van der Waals surface area contributed by atoms with E-state index in [1.807, 2.05) is 13.0 Å². The molecule has 3 nitrogen and oxygen atoms in total. The maximum Gasteiger partial charge on any atom is 0.107 e. The fourth-order valence-electron chi connectivity index (χ4n) is 2.55. The molecule has 0 saturated carbocycles. The van der Waals surface area contributed by atoms with Crippen LogP contribution in [-0.4, -0.2) is 38.3 Å². The first-order chi connectivity index (χ1) is 8.48. The van der Waals surface area contributed by atoms with Gasteiger partial charge in [-0.05, 0) is 39.1 Å². The summed E-state index contributed by atoms with van der Waals surface area (Å²) < 4.78 is 11.0. The number of hydrogen-bond acceptors (Lipinski definition) is 3.